The highest BCUT2D eigenvalue weighted by atomic mass is 16.5. The van der Waals surface area contributed by atoms with Gasteiger partial charge in [0, 0.05) is 30.7 Å². The van der Waals surface area contributed by atoms with Crippen molar-refractivity contribution in [1.29, 1.82) is 0 Å². The van der Waals surface area contributed by atoms with Crippen molar-refractivity contribution in [3.8, 4) is 0 Å². The van der Waals surface area contributed by atoms with Crippen molar-refractivity contribution in [3.05, 3.63) is 12.2 Å². The highest BCUT2D eigenvalue weighted by Crippen LogP contribution is 2.77. The molecule has 0 aromatic rings. The normalized spacial score (nSPS) is 40.9. The van der Waals surface area contributed by atoms with E-state index in [9.17, 15) is 24.3 Å². The molecule has 5 saturated carbocycles. The van der Waals surface area contributed by atoms with Crippen LogP contribution in [-0.4, -0.2) is 41.4 Å². The smallest absolute Gasteiger partial charge is 0.306 e. The zero-order valence-electron chi connectivity index (χ0n) is 32.3. The first-order valence-corrected chi connectivity index (χ1v) is 19.5. The molecule has 10 atom stereocenters. The topological polar surface area (TPSA) is 110 Å². The minimum Gasteiger partial charge on any atom is -0.481 e. The van der Waals surface area contributed by atoms with Crippen molar-refractivity contribution in [2.24, 2.45) is 62.1 Å². The number of nitrogens with one attached hydrogen (secondary N) is 1. The van der Waals surface area contributed by atoms with Gasteiger partial charge in [0.05, 0.1) is 12.8 Å². The van der Waals surface area contributed by atoms with Crippen LogP contribution in [0, 0.1) is 62.1 Å². The van der Waals surface area contributed by atoms with Gasteiger partial charge < -0.3 is 15.2 Å². The van der Waals surface area contributed by atoms with Crippen LogP contribution in [0.4, 0.5) is 0 Å². The number of hydrogen-bond donors (Lipinski definition) is 2. The van der Waals surface area contributed by atoms with Gasteiger partial charge in [-0.2, -0.15) is 0 Å². The molecule has 0 aromatic carbocycles. The molecule has 2 N–H and O–H groups in total. The van der Waals surface area contributed by atoms with Crippen LogP contribution < -0.4 is 5.32 Å². The van der Waals surface area contributed by atoms with E-state index < -0.39 is 11.4 Å². The van der Waals surface area contributed by atoms with Crippen molar-refractivity contribution in [3.63, 3.8) is 0 Å². The molecule has 7 nitrogen and oxygen atoms in total. The second-order valence-corrected chi connectivity index (χ2v) is 19.6. The Balaban J connectivity index is 1.38. The maximum absolute atomic E-state index is 14.3. The third-order valence-corrected chi connectivity index (χ3v) is 16.0. The number of fused-ring (bicyclic) bond motifs is 7. The molecular weight excluding hydrogens is 614 g/mol. The third kappa shape index (κ3) is 6.34. The van der Waals surface area contributed by atoms with Gasteiger partial charge >= 0.3 is 11.9 Å². The summed E-state index contributed by atoms with van der Waals surface area (Å²) < 4.78 is 6.25. The predicted molar refractivity (Wildman–Crippen MR) is 192 cm³/mol. The Labute approximate surface area is 296 Å². The van der Waals surface area contributed by atoms with Crippen molar-refractivity contribution in [2.75, 3.05) is 6.54 Å². The summed E-state index contributed by atoms with van der Waals surface area (Å²) in [6.45, 7) is 24.8. The van der Waals surface area contributed by atoms with Gasteiger partial charge in [0.1, 0.15) is 11.9 Å². The summed E-state index contributed by atoms with van der Waals surface area (Å²) in [6.07, 6.45) is 11.7. The van der Waals surface area contributed by atoms with E-state index in [0.717, 1.165) is 57.8 Å². The zero-order valence-corrected chi connectivity index (χ0v) is 32.3. The average Bonchev–Trinajstić information content (AvgIpc) is 3.37. The average molecular weight is 682 g/mol. The Kier molecular flexibility index (Phi) is 10.2. The molecule has 276 valence electrons. The zero-order chi connectivity index (χ0) is 36.4. The van der Waals surface area contributed by atoms with Crippen LogP contribution in [0.2, 0.25) is 0 Å². The van der Waals surface area contributed by atoms with Crippen LogP contribution in [0.25, 0.3) is 0 Å². The number of carboxylic acid groups (broad SMARTS) is 1. The fourth-order valence-electron chi connectivity index (χ4n) is 13.6. The van der Waals surface area contributed by atoms with Gasteiger partial charge in [-0.25, -0.2) is 0 Å². The number of esters is 1. The van der Waals surface area contributed by atoms with Gasteiger partial charge in [-0.15, -0.1) is 0 Å². The van der Waals surface area contributed by atoms with Crippen LogP contribution in [0.15, 0.2) is 12.2 Å². The fourth-order valence-corrected chi connectivity index (χ4v) is 13.6. The Morgan fingerprint density at radius 1 is 0.837 bits per heavy atom. The first kappa shape index (κ1) is 38.1. The van der Waals surface area contributed by atoms with Crippen LogP contribution in [0.5, 0.6) is 0 Å². The SMILES string of the molecule is C=C(C)[C@@H]1CC[C@]2(C(=O)CCCNC(C)=O)CC[C@]3(C)[C@H](CC[C@@H]4[C@@]5(C)CC[C@H](OC(=O)CC(C)(C)CC(=O)O)C(C)(C)[C@@H]5CC[C@]43C)[C@@H]12. The van der Waals surface area contributed by atoms with E-state index in [-0.39, 0.29) is 57.9 Å². The summed E-state index contributed by atoms with van der Waals surface area (Å²) >= 11 is 0. The number of rotatable bonds is 11. The summed E-state index contributed by atoms with van der Waals surface area (Å²) in [5.41, 5.74) is 0.575. The predicted octanol–water partition coefficient (Wildman–Crippen LogP) is 8.93. The molecule has 0 spiro atoms. The molecular formula is C42H67NO6. The van der Waals surface area contributed by atoms with Crippen LogP contribution in [0.1, 0.15) is 152 Å². The van der Waals surface area contributed by atoms with E-state index in [0.29, 0.717) is 54.8 Å². The largest absolute Gasteiger partial charge is 0.481 e. The number of ether oxygens (including phenoxy) is 1. The standard InChI is InChI=1S/C42H67NO6/c1-26(2)28-15-20-42(32(45)12-11-23-43-27(3)44)22-21-40(9)29(36(28)42)13-14-31-39(8)18-17-33(38(6,7)30(39)16-19-41(31,40)10)49-35(48)25-37(4,5)24-34(46)47/h28-31,33,36H,1,11-25H2,2-10H3,(H,43,44)(H,46,47)/t28-,29+,30-,31+,33-,36+,39-,40+,41+,42+/m0/s1. The van der Waals surface area contributed by atoms with E-state index in [4.69, 9.17) is 4.74 Å². The molecule has 5 aliphatic carbocycles. The number of ketones is 1. The lowest BCUT2D eigenvalue weighted by Gasteiger charge is -2.73. The van der Waals surface area contributed by atoms with Gasteiger partial charge in [-0.1, -0.05) is 60.6 Å². The number of Topliss-reactive ketones (excluding diaryl/α,β-unsaturated/α-hetero) is 1. The molecule has 0 saturated heterocycles. The molecule has 0 aliphatic heterocycles. The van der Waals surface area contributed by atoms with Crippen LogP contribution in [-0.2, 0) is 23.9 Å². The van der Waals surface area contributed by atoms with E-state index in [2.05, 4.69) is 53.4 Å². The lowest BCUT2D eigenvalue weighted by molar-refractivity contribution is -0.249. The minimum atomic E-state index is -0.891. The van der Waals surface area contributed by atoms with E-state index in [1.807, 2.05) is 13.8 Å². The monoisotopic (exact) mass is 681 g/mol. The molecule has 49 heavy (non-hydrogen) atoms. The van der Waals surface area contributed by atoms with Crippen molar-refractivity contribution >= 4 is 23.6 Å². The summed E-state index contributed by atoms with van der Waals surface area (Å²) in [7, 11) is 0. The molecule has 0 bridgehead atoms. The first-order chi connectivity index (χ1) is 22.6. The number of carbonyl (C=O) groups is 4. The highest BCUT2D eigenvalue weighted by molar-refractivity contribution is 5.86. The third-order valence-electron chi connectivity index (χ3n) is 16.0. The Hall–Kier alpha value is -2.18. The number of amides is 1. The molecule has 1 amide bonds. The molecule has 5 rings (SSSR count). The van der Waals surface area contributed by atoms with E-state index >= 15 is 0 Å². The molecule has 0 aromatic heterocycles. The van der Waals surface area contributed by atoms with Gasteiger partial charge in [0.25, 0.3) is 0 Å². The van der Waals surface area contributed by atoms with Gasteiger partial charge in [-0.05, 0) is 129 Å². The van der Waals surface area contributed by atoms with Crippen molar-refractivity contribution in [1.82, 2.24) is 5.32 Å². The van der Waals surface area contributed by atoms with Crippen molar-refractivity contribution in [2.45, 2.75) is 158 Å². The maximum Gasteiger partial charge on any atom is 0.306 e. The summed E-state index contributed by atoms with van der Waals surface area (Å²) in [5.74, 6) is 1.44. The number of carbonyl (C=O) groups excluding carboxylic acids is 3. The lowest BCUT2D eigenvalue weighted by Crippen LogP contribution is -2.67. The van der Waals surface area contributed by atoms with Crippen molar-refractivity contribution < 1.29 is 29.0 Å². The molecule has 7 heteroatoms. The quantitative estimate of drug-likeness (QED) is 0.128. The Morgan fingerprint density at radius 3 is 2.16 bits per heavy atom. The van der Waals surface area contributed by atoms with E-state index in [1.54, 1.807) is 0 Å². The number of carboxylic acids is 1. The summed E-state index contributed by atoms with van der Waals surface area (Å²) in [6, 6.07) is 0. The van der Waals surface area contributed by atoms with E-state index in [1.165, 1.54) is 18.9 Å². The van der Waals surface area contributed by atoms with Crippen LogP contribution in [0.3, 0.4) is 0 Å². The fraction of sp³-hybridized carbons (Fsp3) is 0.857. The highest BCUT2D eigenvalue weighted by Gasteiger charge is 2.71. The number of aliphatic carboxylic acids is 1. The molecule has 0 unspecified atom stereocenters. The van der Waals surface area contributed by atoms with Gasteiger partial charge in [0.15, 0.2) is 0 Å². The van der Waals surface area contributed by atoms with Gasteiger partial charge in [-0.3, -0.25) is 19.2 Å². The first-order valence-electron chi connectivity index (χ1n) is 19.5. The second kappa shape index (κ2) is 13.1. The minimum absolute atomic E-state index is 0.0385. The Morgan fingerprint density at radius 2 is 1.53 bits per heavy atom. The summed E-state index contributed by atoms with van der Waals surface area (Å²) in [5, 5.41) is 12.2. The molecule has 5 fully saturated rings. The molecule has 0 heterocycles. The number of hydrogen-bond acceptors (Lipinski definition) is 5. The number of allylic oxidation sites excluding steroid dienone is 1. The maximum atomic E-state index is 14.3. The molecule has 5 aliphatic rings. The van der Waals surface area contributed by atoms with Crippen LogP contribution >= 0.6 is 0 Å². The lowest BCUT2D eigenvalue weighted by atomic mass is 9.32. The van der Waals surface area contributed by atoms with Gasteiger partial charge in [0.2, 0.25) is 5.91 Å². The second-order valence-electron chi connectivity index (χ2n) is 19.6. The summed E-state index contributed by atoms with van der Waals surface area (Å²) in [4.78, 5) is 50.3. The Bertz CT molecular complexity index is 1350. The molecule has 0 radical (unpaired) electrons.